The van der Waals surface area contributed by atoms with Gasteiger partial charge in [0.1, 0.15) is 4.88 Å². The minimum absolute atomic E-state index is 0.194. The number of hydrogen-bond donors (Lipinski definition) is 2. The van der Waals surface area contributed by atoms with Crippen LogP contribution in [0, 0.1) is 6.92 Å². The zero-order valence-corrected chi connectivity index (χ0v) is 15.7. The molecule has 2 aromatic rings. The van der Waals surface area contributed by atoms with E-state index in [2.05, 4.69) is 10.3 Å². The van der Waals surface area contributed by atoms with Gasteiger partial charge < -0.3 is 15.8 Å². The SMILES string of the molecule is CCOC(=O)c1sc(CCNC(=O)c2cc(CN)c(Cl)s2)nc1C. The van der Waals surface area contributed by atoms with Crippen molar-refractivity contribution in [1.29, 1.82) is 0 Å². The summed E-state index contributed by atoms with van der Waals surface area (Å²) in [6.07, 6.45) is 0.541. The molecule has 0 aliphatic carbocycles. The third-order valence-electron chi connectivity index (χ3n) is 3.13. The first-order valence-electron chi connectivity index (χ1n) is 7.36. The number of aromatic nitrogens is 1. The van der Waals surface area contributed by atoms with Crippen LogP contribution in [0.25, 0.3) is 0 Å². The molecule has 24 heavy (non-hydrogen) atoms. The highest BCUT2D eigenvalue weighted by Crippen LogP contribution is 2.27. The van der Waals surface area contributed by atoms with Gasteiger partial charge in [0.2, 0.25) is 0 Å². The number of amides is 1. The Morgan fingerprint density at radius 1 is 1.42 bits per heavy atom. The number of ether oxygens (including phenoxy) is 1. The first-order chi connectivity index (χ1) is 11.5. The van der Waals surface area contributed by atoms with Gasteiger partial charge in [-0.3, -0.25) is 4.79 Å². The summed E-state index contributed by atoms with van der Waals surface area (Å²) < 4.78 is 5.53. The zero-order valence-electron chi connectivity index (χ0n) is 13.3. The van der Waals surface area contributed by atoms with Crippen molar-refractivity contribution in [2.24, 2.45) is 5.73 Å². The zero-order chi connectivity index (χ0) is 17.7. The van der Waals surface area contributed by atoms with Gasteiger partial charge in [0.05, 0.1) is 26.5 Å². The number of halogens is 1. The Morgan fingerprint density at radius 2 is 2.17 bits per heavy atom. The van der Waals surface area contributed by atoms with Crippen molar-refractivity contribution in [1.82, 2.24) is 10.3 Å². The summed E-state index contributed by atoms with van der Waals surface area (Å²) in [4.78, 5) is 29.2. The van der Waals surface area contributed by atoms with Crippen molar-refractivity contribution < 1.29 is 14.3 Å². The summed E-state index contributed by atoms with van der Waals surface area (Å²) in [6, 6.07) is 1.70. The first kappa shape index (κ1) is 18.9. The Hall–Kier alpha value is -1.48. The normalized spacial score (nSPS) is 10.7. The van der Waals surface area contributed by atoms with Gasteiger partial charge in [0, 0.05) is 19.5 Å². The first-order valence-corrected chi connectivity index (χ1v) is 9.37. The fourth-order valence-electron chi connectivity index (χ4n) is 1.97. The summed E-state index contributed by atoms with van der Waals surface area (Å²) in [6.45, 7) is 4.58. The molecule has 6 nitrogen and oxygen atoms in total. The molecule has 3 N–H and O–H groups in total. The largest absolute Gasteiger partial charge is 0.462 e. The Morgan fingerprint density at radius 3 is 2.79 bits per heavy atom. The highest BCUT2D eigenvalue weighted by Gasteiger charge is 2.17. The minimum atomic E-state index is -0.356. The molecule has 0 bridgehead atoms. The lowest BCUT2D eigenvalue weighted by Gasteiger charge is -2.01. The second-order valence-corrected chi connectivity index (χ2v) is 7.60. The molecule has 0 saturated carbocycles. The van der Waals surface area contributed by atoms with E-state index in [1.807, 2.05) is 0 Å². The van der Waals surface area contributed by atoms with Crippen molar-refractivity contribution in [2.45, 2.75) is 26.8 Å². The van der Waals surface area contributed by atoms with Crippen molar-refractivity contribution in [3.05, 3.63) is 36.4 Å². The van der Waals surface area contributed by atoms with Crippen molar-refractivity contribution >= 4 is 46.2 Å². The summed E-state index contributed by atoms with van der Waals surface area (Å²) in [7, 11) is 0. The maximum absolute atomic E-state index is 12.1. The molecular formula is C15H18ClN3O3S2. The van der Waals surface area contributed by atoms with Crippen LogP contribution in [0.2, 0.25) is 4.34 Å². The number of rotatable bonds is 7. The summed E-state index contributed by atoms with van der Waals surface area (Å²) >= 11 is 8.50. The predicted octanol–water partition coefficient (Wildman–Crippen LogP) is 2.77. The van der Waals surface area contributed by atoms with Gasteiger partial charge in [-0.15, -0.1) is 22.7 Å². The second-order valence-electron chi connectivity index (χ2n) is 4.86. The topological polar surface area (TPSA) is 94.3 Å². The van der Waals surface area contributed by atoms with Crippen LogP contribution in [0.4, 0.5) is 0 Å². The van der Waals surface area contributed by atoms with Crippen molar-refractivity contribution in [3.8, 4) is 0 Å². The number of aryl methyl sites for hydroxylation is 1. The van der Waals surface area contributed by atoms with Gasteiger partial charge in [-0.25, -0.2) is 9.78 Å². The van der Waals surface area contributed by atoms with Gasteiger partial charge in [-0.2, -0.15) is 0 Å². The molecule has 0 aliphatic rings. The lowest BCUT2D eigenvalue weighted by atomic mass is 10.3. The standard InChI is InChI=1S/C15H18ClN3O3S2/c1-3-22-15(21)12-8(2)19-11(24-12)4-5-18-14(20)10-6-9(7-17)13(16)23-10/h6H,3-5,7,17H2,1-2H3,(H,18,20). The molecule has 0 fully saturated rings. The molecule has 0 saturated heterocycles. The van der Waals surface area contributed by atoms with Gasteiger partial charge in [0.15, 0.2) is 0 Å². The second kappa shape index (κ2) is 8.57. The summed E-state index contributed by atoms with van der Waals surface area (Å²) in [5.74, 6) is -0.550. The Kier molecular flexibility index (Phi) is 6.73. The highest BCUT2D eigenvalue weighted by molar-refractivity contribution is 7.18. The molecule has 1 amide bonds. The van der Waals surface area contributed by atoms with Gasteiger partial charge >= 0.3 is 5.97 Å². The number of nitrogens with two attached hydrogens (primary N) is 1. The highest BCUT2D eigenvalue weighted by atomic mass is 35.5. The van der Waals surface area contributed by atoms with E-state index in [0.29, 0.717) is 45.9 Å². The predicted molar refractivity (Wildman–Crippen MR) is 96.1 cm³/mol. The van der Waals surface area contributed by atoms with Crippen LogP contribution in [-0.4, -0.2) is 30.0 Å². The van der Waals surface area contributed by atoms with Crippen LogP contribution in [0.1, 0.15) is 42.5 Å². The molecule has 0 atom stereocenters. The van der Waals surface area contributed by atoms with Crippen LogP contribution in [0.15, 0.2) is 6.07 Å². The monoisotopic (exact) mass is 387 g/mol. The quantitative estimate of drug-likeness (QED) is 0.712. The minimum Gasteiger partial charge on any atom is -0.462 e. The molecule has 2 heterocycles. The van der Waals surface area contributed by atoms with Gasteiger partial charge in [0.25, 0.3) is 5.91 Å². The number of thiazole rings is 1. The number of esters is 1. The Labute approximate surface area is 153 Å². The average molecular weight is 388 g/mol. The Bertz CT molecular complexity index is 742. The molecule has 2 rings (SSSR count). The molecule has 0 aromatic carbocycles. The van der Waals surface area contributed by atoms with Gasteiger partial charge in [-0.1, -0.05) is 11.6 Å². The third-order valence-corrected chi connectivity index (χ3v) is 5.76. The number of thiophene rings is 1. The summed E-state index contributed by atoms with van der Waals surface area (Å²) in [5, 5.41) is 3.60. The number of nitrogens with zero attached hydrogens (tertiary/aromatic N) is 1. The van der Waals surface area contributed by atoms with E-state index in [4.69, 9.17) is 22.1 Å². The van der Waals surface area contributed by atoms with Crippen LogP contribution in [0.3, 0.4) is 0 Å². The number of hydrogen-bond acceptors (Lipinski definition) is 7. The van der Waals surface area contributed by atoms with Crippen LogP contribution in [-0.2, 0) is 17.7 Å². The number of nitrogens with one attached hydrogen (secondary N) is 1. The van der Waals surface area contributed by atoms with Crippen LogP contribution in [0.5, 0.6) is 0 Å². The molecular weight excluding hydrogens is 370 g/mol. The third kappa shape index (κ3) is 4.54. The lowest BCUT2D eigenvalue weighted by molar-refractivity contribution is 0.0531. The molecule has 0 spiro atoms. The maximum Gasteiger partial charge on any atom is 0.350 e. The lowest BCUT2D eigenvalue weighted by Crippen LogP contribution is -2.24. The smallest absolute Gasteiger partial charge is 0.350 e. The van der Waals surface area contributed by atoms with Gasteiger partial charge in [-0.05, 0) is 25.5 Å². The number of carbonyl (C=O) groups excluding carboxylic acids is 2. The van der Waals surface area contributed by atoms with Crippen molar-refractivity contribution in [2.75, 3.05) is 13.2 Å². The van der Waals surface area contributed by atoms with Crippen LogP contribution < -0.4 is 11.1 Å². The van der Waals surface area contributed by atoms with E-state index in [0.717, 1.165) is 10.6 Å². The maximum atomic E-state index is 12.1. The van der Waals surface area contributed by atoms with E-state index in [-0.39, 0.29) is 11.9 Å². The molecule has 130 valence electrons. The van der Waals surface area contributed by atoms with E-state index < -0.39 is 0 Å². The average Bonchev–Trinajstić information content (AvgIpc) is 3.10. The number of carbonyl (C=O) groups is 2. The fraction of sp³-hybridized carbons (Fsp3) is 0.400. The molecule has 2 aromatic heterocycles. The fourth-order valence-corrected chi connectivity index (χ4v) is 4.14. The van der Waals surface area contributed by atoms with Crippen LogP contribution >= 0.6 is 34.3 Å². The van der Waals surface area contributed by atoms with E-state index in [9.17, 15) is 9.59 Å². The molecule has 9 heteroatoms. The van der Waals surface area contributed by atoms with E-state index in [1.165, 1.54) is 22.7 Å². The van der Waals surface area contributed by atoms with E-state index in [1.54, 1.807) is 19.9 Å². The molecule has 0 aliphatic heterocycles. The molecule has 0 radical (unpaired) electrons. The molecule has 0 unspecified atom stereocenters. The summed E-state index contributed by atoms with van der Waals surface area (Å²) in [5.41, 5.74) is 6.96. The van der Waals surface area contributed by atoms with Crippen molar-refractivity contribution in [3.63, 3.8) is 0 Å². The Balaban J connectivity index is 1.90. The van der Waals surface area contributed by atoms with E-state index >= 15 is 0 Å².